The van der Waals surface area contributed by atoms with E-state index >= 15 is 0 Å². The molecule has 1 aliphatic rings. The van der Waals surface area contributed by atoms with Gasteiger partial charge in [-0.1, -0.05) is 38.5 Å². The van der Waals surface area contributed by atoms with Crippen LogP contribution in [-0.4, -0.2) is 28.1 Å². The largest absolute Gasteiger partial charge is 0.326 e. The number of aryl methyl sites for hydroxylation is 1. The van der Waals surface area contributed by atoms with Crippen LogP contribution in [-0.2, 0) is 0 Å². The third-order valence-electron chi connectivity index (χ3n) is 4.66. The molecular weight excluding hydrogens is 356 g/mol. The fraction of sp³-hybridized carbons (Fsp3) is 0.429. The number of H-pyrrole nitrogens is 2. The van der Waals surface area contributed by atoms with Crippen molar-refractivity contribution in [3.63, 3.8) is 0 Å². The number of nitrogens with one attached hydrogen (secondary N) is 3. The van der Waals surface area contributed by atoms with Gasteiger partial charge in [0.25, 0.3) is 11.5 Å². The Morgan fingerprint density at radius 3 is 2.21 bits per heavy atom. The van der Waals surface area contributed by atoms with Gasteiger partial charge in [-0.3, -0.25) is 19.6 Å². The molecular formula is C21H28N4O3. The van der Waals surface area contributed by atoms with E-state index in [0.29, 0.717) is 11.1 Å². The van der Waals surface area contributed by atoms with Gasteiger partial charge in [-0.05, 0) is 43.7 Å². The van der Waals surface area contributed by atoms with E-state index in [1.807, 2.05) is 24.0 Å². The molecule has 0 spiro atoms. The zero-order valence-electron chi connectivity index (χ0n) is 17.1. The van der Waals surface area contributed by atoms with Gasteiger partial charge in [-0.15, -0.1) is 0 Å². The SMILES string of the molecule is CC1=NCC(C(C)(C)C)C1.Cc1ccc(NC(=O)c2cc(=O)[nH]c(=O)[nH]2)cc1. The van der Waals surface area contributed by atoms with Gasteiger partial charge in [0, 0.05) is 24.0 Å². The quantitative estimate of drug-likeness (QED) is 0.740. The molecule has 1 aromatic heterocycles. The number of hydrogen-bond donors (Lipinski definition) is 3. The summed E-state index contributed by atoms with van der Waals surface area (Å²) in [4.78, 5) is 42.5. The van der Waals surface area contributed by atoms with E-state index in [2.05, 4.69) is 43.0 Å². The van der Waals surface area contributed by atoms with Crippen molar-refractivity contribution in [3.8, 4) is 0 Å². The van der Waals surface area contributed by atoms with Crippen molar-refractivity contribution in [3.05, 3.63) is 62.4 Å². The maximum Gasteiger partial charge on any atom is 0.326 e. The summed E-state index contributed by atoms with van der Waals surface area (Å²) in [7, 11) is 0. The highest BCUT2D eigenvalue weighted by atomic mass is 16.2. The molecule has 1 aromatic carbocycles. The van der Waals surface area contributed by atoms with Gasteiger partial charge in [0.15, 0.2) is 0 Å². The third kappa shape index (κ3) is 6.33. The molecule has 0 fully saturated rings. The molecule has 0 radical (unpaired) electrons. The Kier molecular flexibility index (Phi) is 6.72. The molecule has 1 amide bonds. The molecule has 2 aromatic rings. The van der Waals surface area contributed by atoms with Crippen molar-refractivity contribution in [1.29, 1.82) is 0 Å². The van der Waals surface area contributed by atoms with Crippen LogP contribution in [0.1, 0.15) is 50.2 Å². The highest BCUT2D eigenvalue weighted by Crippen LogP contribution is 2.32. The molecule has 1 aliphatic heterocycles. The number of amides is 1. The Bertz CT molecular complexity index is 934. The van der Waals surface area contributed by atoms with Crippen molar-refractivity contribution in [2.24, 2.45) is 16.3 Å². The van der Waals surface area contributed by atoms with Crippen LogP contribution >= 0.6 is 0 Å². The summed E-state index contributed by atoms with van der Waals surface area (Å²) >= 11 is 0. The maximum atomic E-state index is 11.8. The topological polar surface area (TPSA) is 107 Å². The first-order chi connectivity index (χ1) is 13.0. The van der Waals surface area contributed by atoms with Crippen LogP contribution in [0.5, 0.6) is 0 Å². The molecule has 28 heavy (non-hydrogen) atoms. The first kappa shape index (κ1) is 21.3. The average molecular weight is 384 g/mol. The number of aliphatic imine (C=N–C) groups is 1. The zero-order chi connectivity index (χ0) is 20.9. The molecule has 3 rings (SSSR count). The van der Waals surface area contributed by atoms with Crippen molar-refractivity contribution in [2.75, 3.05) is 11.9 Å². The number of carbonyl (C=O) groups is 1. The molecule has 3 N–H and O–H groups in total. The second kappa shape index (κ2) is 8.82. The lowest BCUT2D eigenvalue weighted by Gasteiger charge is -2.25. The number of carbonyl (C=O) groups excluding carboxylic acids is 1. The number of benzene rings is 1. The van der Waals surface area contributed by atoms with Gasteiger partial charge in [0.05, 0.1) is 0 Å². The Labute approximate surface area is 164 Å². The summed E-state index contributed by atoms with van der Waals surface area (Å²) < 4.78 is 0. The lowest BCUT2D eigenvalue weighted by Crippen LogP contribution is -2.27. The lowest BCUT2D eigenvalue weighted by atomic mass is 9.79. The second-order valence-electron chi connectivity index (χ2n) is 8.16. The van der Waals surface area contributed by atoms with Gasteiger partial charge in [0.1, 0.15) is 5.69 Å². The summed E-state index contributed by atoms with van der Waals surface area (Å²) in [5.41, 5.74) is 2.03. The van der Waals surface area contributed by atoms with E-state index < -0.39 is 17.2 Å². The monoisotopic (exact) mass is 384 g/mol. The van der Waals surface area contributed by atoms with Crippen LogP contribution in [0.15, 0.2) is 44.9 Å². The number of aromatic amines is 2. The molecule has 7 heteroatoms. The van der Waals surface area contributed by atoms with Crippen LogP contribution in [0.4, 0.5) is 5.69 Å². The maximum absolute atomic E-state index is 11.8. The number of hydrogen-bond acceptors (Lipinski definition) is 4. The first-order valence-electron chi connectivity index (χ1n) is 9.26. The second-order valence-corrected chi connectivity index (χ2v) is 8.16. The molecule has 7 nitrogen and oxygen atoms in total. The molecule has 2 heterocycles. The predicted octanol–water partition coefficient (Wildman–Crippen LogP) is 3.14. The summed E-state index contributed by atoms with van der Waals surface area (Å²) in [6.07, 6.45) is 1.21. The summed E-state index contributed by atoms with van der Waals surface area (Å²) in [6, 6.07) is 8.19. The first-order valence-corrected chi connectivity index (χ1v) is 9.26. The van der Waals surface area contributed by atoms with Crippen molar-refractivity contribution in [2.45, 2.75) is 41.0 Å². The van der Waals surface area contributed by atoms with E-state index in [1.165, 1.54) is 12.1 Å². The van der Waals surface area contributed by atoms with Gasteiger partial charge in [-0.25, -0.2) is 4.79 Å². The molecule has 1 unspecified atom stereocenters. The smallest absolute Gasteiger partial charge is 0.321 e. The van der Waals surface area contributed by atoms with Crippen molar-refractivity contribution < 1.29 is 4.79 Å². The average Bonchev–Trinajstić information content (AvgIpc) is 3.03. The Morgan fingerprint density at radius 1 is 1.11 bits per heavy atom. The highest BCUT2D eigenvalue weighted by molar-refractivity contribution is 6.02. The van der Waals surface area contributed by atoms with Crippen molar-refractivity contribution >= 4 is 17.3 Å². The minimum absolute atomic E-state index is 0.0793. The van der Waals surface area contributed by atoms with Gasteiger partial charge in [-0.2, -0.15) is 0 Å². The molecule has 150 valence electrons. The highest BCUT2D eigenvalue weighted by Gasteiger charge is 2.27. The Hall–Kier alpha value is -2.96. The fourth-order valence-electron chi connectivity index (χ4n) is 2.76. The summed E-state index contributed by atoms with van der Waals surface area (Å²) in [5, 5.41) is 2.58. The minimum Gasteiger partial charge on any atom is -0.321 e. The lowest BCUT2D eigenvalue weighted by molar-refractivity contribution is 0.102. The number of anilines is 1. The van der Waals surface area contributed by atoms with Crippen LogP contribution in [0, 0.1) is 18.3 Å². The minimum atomic E-state index is -0.712. The molecule has 1 atom stereocenters. The van der Waals surface area contributed by atoms with E-state index in [-0.39, 0.29) is 5.69 Å². The number of rotatable bonds is 2. The number of nitrogens with zero attached hydrogens (tertiary/aromatic N) is 1. The van der Waals surface area contributed by atoms with E-state index in [4.69, 9.17) is 0 Å². The van der Waals surface area contributed by atoms with Crippen molar-refractivity contribution in [1.82, 2.24) is 9.97 Å². The normalized spacial score (nSPS) is 16.0. The standard InChI is InChI=1S/C12H11N3O3.C9H17N/c1-7-2-4-8(5-3-7)13-11(17)9-6-10(16)15-12(18)14-9;1-7-5-8(6-10-7)9(2,3)4/h2-6H,1H3,(H,13,17)(H2,14,15,16,18);8H,5-6H2,1-4H3. The predicted molar refractivity (Wildman–Crippen MR) is 112 cm³/mol. The van der Waals surface area contributed by atoms with Crippen LogP contribution in [0.2, 0.25) is 0 Å². The molecule has 0 saturated carbocycles. The van der Waals surface area contributed by atoms with Gasteiger partial charge >= 0.3 is 5.69 Å². The van der Waals surface area contributed by atoms with Crippen LogP contribution in [0.3, 0.4) is 0 Å². The van der Waals surface area contributed by atoms with E-state index in [1.54, 1.807) is 12.1 Å². The van der Waals surface area contributed by atoms with Gasteiger partial charge in [0.2, 0.25) is 0 Å². The third-order valence-corrected chi connectivity index (χ3v) is 4.66. The van der Waals surface area contributed by atoms with Crippen LogP contribution in [0.25, 0.3) is 0 Å². The van der Waals surface area contributed by atoms with E-state index in [9.17, 15) is 14.4 Å². The Morgan fingerprint density at radius 2 is 1.75 bits per heavy atom. The Balaban J connectivity index is 0.000000237. The van der Waals surface area contributed by atoms with E-state index in [0.717, 1.165) is 24.1 Å². The molecule has 0 saturated heterocycles. The molecule has 0 aliphatic carbocycles. The summed E-state index contributed by atoms with van der Waals surface area (Å²) in [6.45, 7) is 12.0. The number of aromatic nitrogens is 2. The fourth-order valence-corrected chi connectivity index (χ4v) is 2.76. The van der Waals surface area contributed by atoms with Gasteiger partial charge < -0.3 is 10.3 Å². The van der Waals surface area contributed by atoms with Crippen LogP contribution < -0.4 is 16.6 Å². The molecule has 0 bridgehead atoms. The zero-order valence-corrected chi connectivity index (χ0v) is 17.1. The summed E-state index contributed by atoms with van der Waals surface area (Å²) in [5.74, 6) is 0.245.